The Hall–Kier alpha value is -1.19. The van der Waals surface area contributed by atoms with Crippen LogP contribution in [0.1, 0.15) is 26.6 Å². The van der Waals surface area contributed by atoms with Gasteiger partial charge >= 0.3 is 0 Å². The minimum Gasteiger partial charge on any atom is -0.344 e. The van der Waals surface area contributed by atoms with Crippen LogP contribution in [0, 0.1) is 11.3 Å². The second-order valence-electron chi connectivity index (χ2n) is 5.57. The highest BCUT2D eigenvalue weighted by atomic mass is 32.1. The van der Waals surface area contributed by atoms with Crippen LogP contribution in [0.25, 0.3) is 0 Å². The van der Waals surface area contributed by atoms with Gasteiger partial charge in [-0.05, 0) is 0 Å². The summed E-state index contributed by atoms with van der Waals surface area (Å²) in [6.45, 7) is 10.6. The predicted molar refractivity (Wildman–Crippen MR) is 72.9 cm³/mol. The summed E-state index contributed by atoms with van der Waals surface area (Å²) in [6, 6.07) is 2.20. The Morgan fingerprint density at radius 1 is 1.28 bits per heavy atom. The molecule has 98 valence electrons. The highest BCUT2D eigenvalue weighted by Gasteiger charge is 2.23. The molecule has 0 bridgehead atoms. The molecule has 0 spiro atoms. The summed E-state index contributed by atoms with van der Waals surface area (Å²) in [7, 11) is 0. The number of nitrogens with zero attached hydrogens (tertiary/aromatic N) is 5. The monoisotopic (exact) mass is 265 g/mol. The van der Waals surface area contributed by atoms with E-state index in [1.54, 1.807) is 0 Å². The van der Waals surface area contributed by atoms with Gasteiger partial charge in [0.25, 0.3) is 0 Å². The molecule has 6 heteroatoms. The van der Waals surface area contributed by atoms with Crippen LogP contribution in [0.3, 0.4) is 0 Å². The third kappa shape index (κ3) is 2.98. The molecule has 2 rings (SSSR count). The van der Waals surface area contributed by atoms with Crippen molar-refractivity contribution in [1.29, 1.82) is 5.26 Å². The van der Waals surface area contributed by atoms with Crippen LogP contribution < -0.4 is 4.90 Å². The lowest BCUT2D eigenvalue weighted by Crippen LogP contribution is -2.46. The van der Waals surface area contributed by atoms with Crippen LogP contribution in [0.2, 0.25) is 0 Å². The molecule has 5 nitrogen and oxygen atoms in total. The first-order valence-electron chi connectivity index (χ1n) is 6.19. The summed E-state index contributed by atoms with van der Waals surface area (Å²) >= 11 is 1.48. The van der Waals surface area contributed by atoms with E-state index in [4.69, 9.17) is 5.26 Å². The van der Waals surface area contributed by atoms with Gasteiger partial charge in [-0.15, -0.1) is 0 Å². The van der Waals surface area contributed by atoms with Gasteiger partial charge in [-0.2, -0.15) is 9.64 Å². The summed E-state index contributed by atoms with van der Waals surface area (Å²) in [4.78, 5) is 9.06. The maximum atomic E-state index is 8.67. The van der Waals surface area contributed by atoms with Crippen molar-refractivity contribution in [3.05, 3.63) is 5.82 Å². The topological polar surface area (TPSA) is 56.1 Å². The fraction of sp³-hybridized carbons (Fsp3) is 0.750. The van der Waals surface area contributed by atoms with Crippen LogP contribution >= 0.6 is 11.5 Å². The Kier molecular flexibility index (Phi) is 3.83. The molecule has 1 fully saturated rings. The fourth-order valence-corrected chi connectivity index (χ4v) is 2.75. The quantitative estimate of drug-likeness (QED) is 0.758. The van der Waals surface area contributed by atoms with E-state index in [-0.39, 0.29) is 5.41 Å². The fourth-order valence-electron chi connectivity index (χ4n) is 1.85. The number of rotatable bonds is 2. The molecule has 18 heavy (non-hydrogen) atoms. The summed E-state index contributed by atoms with van der Waals surface area (Å²) in [5, 5.41) is 9.68. The molecule has 1 saturated heterocycles. The minimum atomic E-state index is 0.0113. The van der Waals surface area contributed by atoms with Gasteiger partial charge in [-0.3, -0.25) is 4.90 Å². The molecule has 0 atom stereocenters. The first kappa shape index (κ1) is 13.2. The Bertz CT molecular complexity index is 434. The zero-order chi connectivity index (χ0) is 13.2. The summed E-state index contributed by atoms with van der Waals surface area (Å²) < 4.78 is 4.44. The van der Waals surface area contributed by atoms with E-state index in [1.807, 2.05) is 0 Å². The van der Waals surface area contributed by atoms with E-state index >= 15 is 0 Å². The summed E-state index contributed by atoms with van der Waals surface area (Å²) in [6.07, 6.45) is 0. The van der Waals surface area contributed by atoms with Crippen molar-refractivity contribution < 1.29 is 0 Å². The van der Waals surface area contributed by atoms with Crippen molar-refractivity contribution in [2.75, 3.05) is 37.6 Å². The molecular formula is C12H19N5S. The molecule has 2 heterocycles. The van der Waals surface area contributed by atoms with Gasteiger partial charge in [0, 0.05) is 43.1 Å². The van der Waals surface area contributed by atoms with E-state index in [0.29, 0.717) is 6.54 Å². The van der Waals surface area contributed by atoms with Gasteiger partial charge in [0.15, 0.2) is 0 Å². The first-order valence-corrected chi connectivity index (χ1v) is 6.96. The van der Waals surface area contributed by atoms with Gasteiger partial charge in [0.2, 0.25) is 5.13 Å². The van der Waals surface area contributed by atoms with Gasteiger partial charge in [-0.25, -0.2) is 4.98 Å². The van der Waals surface area contributed by atoms with Crippen LogP contribution in [0.5, 0.6) is 0 Å². The average molecular weight is 265 g/mol. The van der Waals surface area contributed by atoms with Gasteiger partial charge in [-0.1, -0.05) is 20.8 Å². The molecule has 1 aliphatic heterocycles. The maximum absolute atomic E-state index is 8.67. The second-order valence-corrected chi connectivity index (χ2v) is 6.30. The summed E-state index contributed by atoms with van der Waals surface area (Å²) in [5.41, 5.74) is 0.0113. The SMILES string of the molecule is CC(C)(C)c1nsc(N2CCN(CC#N)CC2)n1. The largest absolute Gasteiger partial charge is 0.344 e. The average Bonchev–Trinajstić information content (AvgIpc) is 2.79. The molecule has 0 radical (unpaired) electrons. The van der Waals surface area contributed by atoms with E-state index in [0.717, 1.165) is 37.1 Å². The Balaban J connectivity index is 1.98. The van der Waals surface area contributed by atoms with E-state index < -0.39 is 0 Å². The minimum absolute atomic E-state index is 0.0113. The molecule has 0 saturated carbocycles. The van der Waals surface area contributed by atoms with Crippen LogP contribution in [-0.4, -0.2) is 47.0 Å². The highest BCUT2D eigenvalue weighted by Crippen LogP contribution is 2.25. The normalized spacial score (nSPS) is 17.8. The van der Waals surface area contributed by atoms with E-state index in [2.05, 4.69) is 46.0 Å². The highest BCUT2D eigenvalue weighted by molar-refractivity contribution is 7.09. The predicted octanol–water partition coefficient (Wildman–Crippen LogP) is 1.48. The Labute approximate surface area is 112 Å². The van der Waals surface area contributed by atoms with Crippen molar-refractivity contribution in [3.8, 4) is 6.07 Å². The molecule has 0 unspecified atom stereocenters. The third-order valence-electron chi connectivity index (χ3n) is 3.02. The molecule has 1 aliphatic rings. The lowest BCUT2D eigenvalue weighted by atomic mass is 9.96. The van der Waals surface area contributed by atoms with Crippen molar-refractivity contribution in [1.82, 2.24) is 14.3 Å². The molecule has 0 aliphatic carbocycles. The number of aromatic nitrogens is 2. The number of piperazine rings is 1. The first-order chi connectivity index (χ1) is 8.50. The number of anilines is 1. The molecule has 1 aromatic heterocycles. The number of hydrogen-bond donors (Lipinski definition) is 0. The summed E-state index contributed by atoms with van der Waals surface area (Å²) in [5.74, 6) is 0.918. The van der Waals surface area contributed by atoms with Gasteiger partial charge in [0.1, 0.15) is 5.82 Å². The van der Waals surface area contributed by atoms with Crippen LogP contribution in [0.15, 0.2) is 0 Å². The molecule has 0 amide bonds. The van der Waals surface area contributed by atoms with Crippen molar-refractivity contribution in [3.63, 3.8) is 0 Å². The maximum Gasteiger partial charge on any atom is 0.205 e. The molecule has 0 aromatic carbocycles. The van der Waals surface area contributed by atoms with E-state index in [9.17, 15) is 0 Å². The number of nitriles is 1. The zero-order valence-electron chi connectivity index (χ0n) is 11.2. The third-order valence-corrected chi connectivity index (χ3v) is 3.80. The Morgan fingerprint density at radius 3 is 2.44 bits per heavy atom. The molecular weight excluding hydrogens is 246 g/mol. The number of hydrogen-bond acceptors (Lipinski definition) is 6. The smallest absolute Gasteiger partial charge is 0.205 e. The van der Waals surface area contributed by atoms with Crippen LogP contribution in [0.4, 0.5) is 5.13 Å². The lowest BCUT2D eigenvalue weighted by Gasteiger charge is -2.32. The zero-order valence-corrected chi connectivity index (χ0v) is 12.0. The standard InChI is InChI=1S/C12H19N5S/c1-12(2,3)10-14-11(18-15-10)17-8-6-16(5-4-13)7-9-17/h5-9H2,1-3H3. The lowest BCUT2D eigenvalue weighted by molar-refractivity contribution is 0.287. The Morgan fingerprint density at radius 2 is 1.94 bits per heavy atom. The van der Waals surface area contributed by atoms with Crippen LogP contribution in [-0.2, 0) is 5.41 Å². The van der Waals surface area contributed by atoms with E-state index in [1.165, 1.54) is 11.5 Å². The van der Waals surface area contributed by atoms with Crippen molar-refractivity contribution in [2.45, 2.75) is 26.2 Å². The second kappa shape index (κ2) is 5.21. The molecule has 1 aromatic rings. The van der Waals surface area contributed by atoms with Crippen molar-refractivity contribution in [2.24, 2.45) is 0 Å². The molecule has 0 N–H and O–H groups in total. The van der Waals surface area contributed by atoms with Crippen molar-refractivity contribution >= 4 is 16.7 Å². The van der Waals surface area contributed by atoms with Gasteiger partial charge < -0.3 is 4.90 Å². The van der Waals surface area contributed by atoms with Gasteiger partial charge in [0.05, 0.1) is 12.6 Å².